The molecular formula is C15H22N2O. The van der Waals surface area contributed by atoms with E-state index in [0.29, 0.717) is 13.0 Å². The Hall–Kier alpha value is -1.35. The molecule has 0 spiro atoms. The maximum absolute atomic E-state index is 11.3. The first-order valence-corrected chi connectivity index (χ1v) is 6.86. The molecule has 0 aromatic heterocycles. The van der Waals surface area contributed by atoms with Crippen LogP contribution in [0.5, 0.6) is 0 Å². The molecule has 18 heavy (non-hydrogen) atoms. The zero-order chi connectivity index (χ0) is 12.8. The van der Waals surface area contributed by atoms with E-state index in [0.717, 1.165) is 19.0 Å². The molecule has 0 atom stereocenters. The number of hydrogen-bond donors (Lipinski definition) is 2. The summed E-state index contributed by atoms with van der Waals surface area (Å²) in [7, 11) is 0. The van der Waals surface area contributed by atoms with Crippen molar-refractivity contribution in [3.05, 3.63) is 35.4 Å². The fourth-order valence-corrected chi connectivity index (χ4v) is 2.09. The van der Waals surface area contributed by atoms with Gasteiger partial charge in [0, 0.05) is 26.1 Å². The lowest BCUT2D eigenvalue weighted by atomic mass is 10.1. The third kappa shape index (κ3) is 4.15. The fraction of sp³-hybridized carbons (Fsp3) is 0.533. The monoisotopic (exact) mass is 246 g/mol. The topological polar surface area (TPSA) is 41.1 Å². The second kappa shape index (κ2) is 6.55. The molecule has 2 N–H and O–H groups in total. The Labute approximate surface area is 109 Å². The Bertz CT molecular complexity index is 399. The average Bonchev–Trinajstić information content (AvgIpc) is 3.20. The molecular weight excluding hydrogens is 224 g/mol. The molecule has 1 aromatic carbocycles. The second-order valence-corrected chi connectivity index (χ2v) is 4.90. The molecule has 0 unspecified atom stereocenters. The summed E-state index contributed by atoms with van der Waals surface area (Å²) in [4.78, 5) is 11.3. The van der Waals surface area contributed by atoms with Gasteiger partial charge >= 0.3 is 0 Å². The molecule has 1 aliphatic carbocycles. The minimum absolute atomic E-state index is 0.122. The minimum Gasteiger partial charge on any atom is -0.356 e. The Morgan fingerprint density at radius 3 is 2.94 bits per heavy atom. The average molecular weight is 246 g/mol. The molecule has 0 aliphatic heterocycles. The lowest BCUT2D eigenvalue weighted by molar-refractivity contribution is -0.120. The van der Waals surface area contributed by atoms with Crippen molar-refractivity contribution in [3.8, 4) is 0 Å². The molecule has 3 nitrogen and oxygen atoms in total. The Kier molecular flexibility index (Phi) is 4.76. The lowest BCUT2D eigenvalue weighted by Crippen LogP contribution is -2.27. The summed E-state index contributed by atoms with van der Waals surface area (Å²) in [5, 5.41) is 6.11. The summed E-state index contributed by atoms with van der Waals surface area (Å²) in [6.07, 6.45) is 3.23. The van der Waals surface area contributed by atoms with E-state index in [1.54, 1.807) is 0 Å². The summed E-state index contributed by atoms with van der Waals surface area (Å²) in [5.74, 6) is 0.928. The molecule has 0 saturated heterocycles. The SMILES string of the molecule is CCNC(=O)CCNCc1cccc(C2CC2)c1. The van der Waals surface area contributed by atoms with Crippen molar-refractivity contribution in [2.45, 2.75) is 38.6 Å². The highest BCUT2D eigenvalue weighted by atomic mass is 16.1. The largest absolute Gasteiger partial charge is 0.356 e. The lowest BCUT2D eigenvalue weighted by Gasteiger charge is -2.07. The van der Waals surface area contributed by atoms with Gasteiger partial charge in [0.2, 0.25) is 5.91 Å². The fourth-order valence-electron chi connectivity index (χ4n) is 2.09. The van der Waals surface area contributed by atoms with E-state index in [1.807, 2.05) is 6.92 Å². The van der Waals surface area contributed by atoms with Gasteiger partial charge in [-0.15, -0.1) is 0 Å². The molecule has 0 bridgehead atoms. The highest BCUT2D eigenvalue weighted by Gasteiger charge is 2.23. The van der Waals surface area contributed by atoms with E-state index < -0.39 is 0 Å². The van der Waals surface area contributed by atoms with Gasteiger partial charge in [-0.2, -0.15) is 0 Å². The van der Waals surface area contributed by atoms with Crippen LogP contribution in [0.1, 0.15) is 43.2 Å². The van der Waals surface area contributed by atoms with E-state index in [2.05, 4.69) is 34.9 Å². The van der Waals surface area contributed by atoms with E-state index >= 15 is 0 Å². The van der Waals surface area contributed by atoms with Crippen LogP contribution in [0.2, 0.25) is 0 Å². The van der Waals surface area contributed by atoms with Crippen LogP contribution in [0.15, 0.2) is 24.3 Å². The first-order chi connectivity index (χ1) is 8.79. The van der Waals surface area contributed by atoms with Crippen molar-refractivity contribution in [1.29, 1.82) is 0 Å². The molecule has 2 rings (SSSR count). The molecule has 0 heterocycles. The molecule has 0 radical (unpaired) electrons. The highest BCUT2D eigenvalue weighted by Crippen LogP contribution is 2.40. The quantitative estimate of drug-likeness (QED) is 0.724. The van der Waals surface area contributed by atoms with Gasteiger partial charge in [0.1, 0.15) is 0 Å². The predicted molar refractivity (Wildman–Crippen MR) is 73.4 cm³/mol. The Morgan fingerprint density at radius 2 is 2.22 bits per heavy atom. The summed E-state index contributed by atoms with van der Waals surface area (Å²) in [6.45, 7) is 4.23. The highest BCUT2D eigenvalue weighted by molar-refractivity contribution is 5.75. The van der Waals surface area contributed by atoms with Crippen molar-refractivity contribution in [2.75, 3.05) is 13.1 Å². The Morgan fingerprint density at radius 1 is 1.39 bits per heavy atom. The van der Waals surface area contributed by atoms with Gasteiger partial charge < -0.3 is 10.6 Å². The summed E-state index contributed by atoms with van der Waals surface area (Å²) >= 11 is 0. The first kappa shape index (κ1) is 13.1. The second-order valence-electron chi connectivity index (χ2n) is 4.90. The van der Waals surface area contributed by atoms with Crippen molar-refractivity contribution in [1.82, 2.24) is 10.6 Å². The van der Waals surface area contributed by atoms with Gasteiger partial charge in [0.15, 0.2) is 0 Å². The molecule has 98 valence electrons. The maximum atomic E-state index is 11.3. The van der Waals surface area contributed by atoms with Crippen molar-refractivity contribution in [2.24, 2.45) is 0 Å². The van der Waals surface area contributed by atoms with Crippen LogP contribution >= 0.6 is 0 Å². The Balaban J connectivity index is 1.69. The smallest absolute Gasteiger partial charge is 0.221 e. The van der Waals surface area contributed by atoms with Crippen LogP contribution in [-0.4, -0.2) is 19.0 Å². The summed E-state index contributed by atoms with van der Waals surface area (Å²) in [5.41, 5.74) is 2.79. The number of carbonyl (C=O) groups excluding carboxylic acids is 1. The van der Waals surface area contributed by atoms with Gasteiger partial charge in [0.25, 0.3) is 0 Å². The van der Waals surface area contributed by atoms with E-state index in [1.165, 1.54) is 24.0 Å². The van der Waals surface area contributed by atoms with Gasteiger partial charge in [-0.3, -0.25) is 4.79 Å². The van der Waals surface area contributed by atoms with Crippen molar-refractivity contribution in [3.63, 3.8) is 0 Å². The van der Waals surface area contributed by atoms with Gasteiger partial charge in [-0.1, -0.05) is 24.3 Å². The van der Waals surface area contributed by atoms with E-state index in [-0.39, 0.29) is 5.91 Å². The van der Waals surface area contributed by atoms with Crippen LogP contribution in [0, 0.1) is 0 Å². The molecule has 1 fully saturated rings. The zero-order valence-corrected chi connectivity index (χ0v) is 11.0. The number of nitrogens with one attached hydrogen (secondary N) is 2. The normalized spacial score (nSPS) is 14.5. The number of rotatable bonds is 7. The van der Waals surface area contributed by atoms with Crippen LogP contribution < -0.4 is 10.6 Å². The molecule has 3 heteroatoms. The van der Waals surface area contributed by atoms with Gasteiger partial charge in [-0.25, -0.2) is 0 Å². The van der Waals surface area contributed by atoms with Crippen molar-refractivity contribution < 1.29 is 4.79 Å². The predicted octanol–water partition coefficient (Wildman–Crippen LogP) is 2.18. The number of hydrogen-bond acceptors (Lipinski definition) is 2. The molecule has 1 saturated carbocycles. The van der Waals surface area contributed by atoms with E-state index in [4.69, 9.17) is 0 Å². The van der Waals surface area contributed by atoms with Gasteiger partial charge in [0.05, 0.1) is 0 Å². The maximum Gasteiger partial charge on any atom is 0.221 e. The third-order valence-electron chi connectivity index (χ3n) is 3.23. The van der Waals surface area contributed by atoms with Crippen molar-refractivity contribution >= 4 is 5.91 Å². The minimum atomic E-state index is 0.122. The standard InChI is InChI=1S/C15H22N2O/c1-2-17-15(18)8-9-16-11-12-4-3-5-14(10-12)13-6-7-13/h3-5,10,13,16H,2,6-9,11H2,1H3,(H,17,18). The first-order valence-electron chi connectivity index (χ1n) is 6.86. The van der Waals surface area contributed by atoms with Crippen LogP contribution in [0.25, 0.3) is 0 Å². The number of benzene rings is 1. The summed E-state index contributed by atoms with van der Waals surface area (Å²) < 4.78 is 0. The number of carbonyl (C=O) groups is 1. The molecule has 1 aliphatic rings. The van der Waals surface area contributed by atoms with E-state index in [9.17, 15) is 4.79 Å². The van der Waals surface area contributed by atoms with Crippen LogP contribution in [0.4, 0.5) is 0 Å². The number of amides is 1. The van der Waals surface area contributed by atoms with Crippen LogP contribution in [-0.2, 0) is 11.3 Å². The van der Waals surface area contributed by atoms with Crippen LogP contribution in [0.3, 0.4) is 0 Å². The summed E-state index contributed by atoms with van der Waals surface area (Å²) in [6, 6.07) is 8.78. The zero-order valence-electron chi connectivity index (χ0n) is 11.0. The molecule has 1 amide bonds. The third-order valence-corrected chi connectivity index (χ3v) is 3.23. The molecule has 1 aromatic rings. The van der Waals surface area contributed by atoms with Gasteiger partial charge in [-0.05, 0) is 36.8 Å².